The Bertz CT molecular complexity index is 539. The van der Waals surface area contributed by atoms with Gasteiger partial charge < -0.3 is 9.63 Å². The van der Waals surface area contributed by atoms with Crippen molar-refractivity contribution >= 4 is 17.6 Å². The van der Waals surface area contributed by atoms with Gasteiger partial charge in [-0.1, -0.05) is 16.8 Å². The zero-order chi connectivity index (χ0) is 13.0. The second-order valence-corrected chi connectivity index (χ2v) is 4.06. The summed E-state index contributed by atoms with van der Waals surface area (Å²) in [6, 6.07) is 3.37. The molecular weight excluding hydrogens is 258 g/mol. The van der Waals surface area contributed by atoms with Gasteiger partial charge in [0.1, 0.15) is 5.69 Å². The highest BCUT2D eigenvalue weighted by Crippen LogP contribution is 2.16. The summed E-state index contributed by atoms with van der Waals surface area (Å²) in [5.41, 5.74) is 0.563. The van der Waals surface area contributed by atoms with Crippen LogP contribution >= 0.6 is 11.6 Å². The average molecular weight is 268 g/mol. The van der Waals surface area contributed by atoms with Crippen molar-refractivity contribution in [3.05, 3.63) is 29.2 Å². The Labute approximate surface area is 108 Å². The van der Waals surface area contributed by atoms with Crippen LogP contribution in [-0.2, 0) is 11.2 Å². The first-order valence-corrected chi connectivity index (χ1v) is 5.69. The standard InChI is InChI=1S/C11H10ClN3O3/c12-7-4-5-8(13-6-7)11-14-9(18-15-11)2-1-3-10(16)17/h4-6H,1-3H2,(H,16,17). The summed E-state index contributed by atoms with van der Waals surface area (Å²) in [6.07, 6.45) is 2.48. The Balaban J connectivity index is 2.01. The van der Waals surface area contributed by atoms with Gasteiger partial charge >= 0.3 is 5.97 Å². The Morgan fingerprint density at radius 1 is 1.44 bits per heavy atom. The van der Waals surface area contributed by atoms with E-state index in [0.29, 0.717) is 35.3 Å². The number of aromatic nitrogens is 3. The maximum atomic E-state index is 10.4. The monoisotopic (exact) mass is 267 g/mol. The molecule has 1 N–H and O–H groups in total. The molecule has 18 heavy (non-hydrogen) atoms. The van der Waals surface area contributed by atoms with Gasteiger partial charge in [0.05, 0.1) is 5.02 Å². The van der Waals surface area contributed by atoms with Crippen molar-refractivity contribution in [2.75, 3.05) is 0 Å². The molecule has 0 saturated heterocycles. The number of carbonyl (C=O) groups is 1. The molecule has 2 aromatic heterocycles. The molecule has 94 valence electrons. The van der Waals surface area contributed by atoms with Crippen LogP contribution in [0.2, 0.25) is 5.02 Å². The van der Waals surface area contributed by atoms with Gasteiger partial charge in [-0.2, -0.15) is 4.98 Å². The molecule has 0 spiro atoms. The fraction of sp³-hybridized carbons (Fsp3) is 0.273. The van der Waals surface area contributed by atoms with Gasteiger partial charge in [-0.15, -0.1) is 0 Å². The number of pyridine rings is 1. The summed E-state index contributed by atoms with van der Waals surface area (Å²) in [5.74, 6) is -0.0610. The van der Waals surface area contributed by atoms with Crippen LogP contribution in [0.3, 0.4) is 0 Å². The third-order valence-electron chi connectivity index (χ3n) is 2.21. The Hall–Kier alpha value is -1.95. The molecule has 0 aromatic carbocycles. The predicted octanol–water partition coefficient (Wildman–Crippen LogP) is 2.19. The van der Waals surface area contributed by atoms with Crippen LogP contribution in [0, 0.1) is 0 Å². The molecule has 2 heterocycles. The highest BCUT2D eigenvalue weighted by molar-refractivity contribution is 6.30. The van der Waals surface area contributed by atoms with E-state index in [2.05, 4.69) is 15.1 Å². The normalized spacial score (nSPS) is 10.5. The van der Waals surface area contributed by atoms with Crippen molar-refractivity contribution in [1.82, 2.24) is 15.1 Å². The topological polar surface area (TPSA) is 89.1 Å². The molecule has 0 atom stereocenters. The van der Waals surface area contributed by atoms with Gasteiger partial charge in [-0.3, -0.25) is 9.78 Å². The Kier molecular flexibility index (Phi) is 3.88. The van der Waals surface area contributed by atoms with Crippen LogP contribution in [0.25, 0.3) is 11.5 Å². The van der Waals surface area contributed by atoms with Gasteiger partial charge in [-0.05, 0) is 18.6 Å². The average Bonchev–Trinajstić information content (AvgIpc) is 2.78. The minimum absolute atomic E-state index is 0.0803. The first kappa shape index (κ1) is 12.5. The summed E-state index contributed by atoms with van der Waals surface area (Å²) >= 11 is 5.72. The van der Waals surface area contributed by atoms with Gasteiger partial charge in [0, 0.05) is 19.0 Å². The fourth-order valence-electron chi connectivity index (χ4n) is 1.36. The molecular formula is C11H10ClN3O3. The molecule has 2 rings (SSSR count). The van der Waals surface area contributed by atoms with Crippen molar-refractivity contribution in [2.45, 2.75) is 19.3 Å². The van der Waals surface area contributed by atoms with Crippen LogP contribution in [0.1, 0.15) is 18.7 Å². The summed E-state index contributed by atoms with van der Waals surface area (Å²) in [5, 5.41) is 12.8. The van der Waals surface area contributed by atoms with Crippen LogP contribution in [0.15, 0.2) is 22.9 Å². The van der Waals surface area contributed by atoms with E-state index in [-0.39, 0.29) is 6.42 Å². The SMILES string of the molecule is O=C(O)CCCc1nc(-c2ccc(Cl)cn2)no1. The van der Waals surface area contributed by atoms with Gasteiger partial charge in [0.2, 0.25) is 11.7 Å². The van der Waals surface area contributed by atoms with E-state index in [9.17, 15) is 4.79 Å². The van der Waals surface area contributed by atoms with E-state index < -0.39 is 5.97 Å². The second-order valence-electron chi connectivity index (χ2n) is 3.62. The van der Waals surface area contributed by atoms with Crippen molar-refractivity contribution < 1.29 is 14.4 Å². The lowest BCUT2D eigenvalue weighted by Gasteiger charge is -1.92. The molecule has 0 saturated carbocycles. The van der Waals surface area contributed by atoms with Gasteiger partial charge in [-0.25, -0.2) is 0 Å². The quantitative estimate of drug-likeness (QED) is 0.893. The van der Waals surface area contributed by atoms with Crippen LogP contribution in [0.5, 0.6) is 0 Å². The van der Waals surface area contributed by atoms with Crippen molar-refractivity contribution in [1.29, 1.82) is 0 Å². The molecule has 0 aliphatic heterocycles. The molecule has 0 aliphatic rings. The number of rotatable bonds is 5. The first-order valence-electron chi connectivity index (χ1n) is 5.31. The van der Waals surface area contributed by atoms with E-state index in [1.54, 1.807) is 12.1 Å². The molecule has 0 amide bonds. The zero-order valence-electron chi connectivity index (χ0n) is 9.34. The van der Waals surface area contributed by atoms with Gasteiger partial charge in [0.15, 0.2) is 0 Å². The van der Waals surface area contributed by atoms with Crippen molar-refractivity contribution in [3.63, 3.8) is 0 Å². The lowest BCUT2D eigenvalue weighted by molar-refractivity contribution is -0.137. The number of nitrogens with zero attached hydrogens (tertiary/aromatic N) is 3. The number of hydrogen-bond donors (Lipinski definition) is 1. The third kappa shape index (κ3) is 3.27. The number of carboxylic acids is 1. The molecule has 0 aliphatic carbocycles. The molecule has 0 unspecified atom stereocenters. The lowest BCUT2D eigenvalue weighted by Crippen LogP contribution is -1.96. The highest BCUT2D eigenvalue weighted by atomic mass is 35.5. The Morgan fingerprint density at radius 3 is 2.94 bits per heavy atom. The van der Waals surface area contributed by atoms with E-state index in [0.717, 1.165) is 0 Å². The number of aryl methyl sites for hydroxylation is 1. The molecule has 2 aromatic rings. The molecule has 0 bridgehead atoms. The number of hydrogen-bond acceptors (Lipinski definition) is 5. The van der Waals surface area contributed by atoms with E-state index in [1.807, 2.05) is 0 Å². The smallest absolute Gasteiger partial charge is 0.303 e. The molecule has 7 heteroatoms. The minimum Gasteiger partial charge on any atom is -0.481 e. The minimum atomic E-state index is -0.839. The second kappa shape index (κ2) is 5.59. The van der Waals surface area contributed by atoms with E-state index in [4.69, 9.17) is 21.2 Å². The molecule has 0 fully saturated rings. The van der Waals surface area contributed by atoms with Crippen molar-refractivity contribution in [2.24, 2.45) is 0 Å². The molecule has 0 radical (unpaired) electrons. The number of carboxylic acid groups (broad SMARTS) is 1. The zero-order valence-corrected chi connectivity index (χ0v) is 10.1. The highest BCUT2D eigenvalue weighted by Gasteiger charge is 2.10. The van der Waals surface area contributed by atoms with Gasteiger partial charge in [0.25, 0.3) is 0 Å². The third-order valence-corrected chi connectivity index (χ3v) is 2.43. The fourth-order valence-corrected chi connectivity index (χ4v) is 1.47. The number of halogens is 1. The van der Waals surface area contributed by atoms with E-state index in [1.165, 1.54) is 6.20 Å². The number of aliphatic carboxylic acids is 1. The largest absolute Gasteiger partial charge is 0.481 e. The predicted molar refractivity (Wildman–Crippen MR) is 63.1 cm³/mol. The Morgan fingerprint density at radius 2 is 2.28 bits per heavy atom. The summed E-state index contributed by atoms with van der Waals surface area (Å²) in [4.78, 5) is 18.5. The van der Waals surface area contributed by atoms with E-state index >= 15 is 0 Å². The maximum absolute atomic E-state index is 10.4. The summed E-state index contributed by atoms with van der Waals surface area (Å²) < 4.78 is 5.00. The van der Waals surface area contributed by atoms with Crippen molar-refractivity contribution in [3.8, 4) is 11.5 Å². The lowest BCUT2D eigenvalue weighted by atomic mass is 10.2. The van der Waals surface area contributed by atoms with Crippen LogP contribution < -0.4 is 0 Å². The summed E-state index contributed by atoms with van der Waals surface area (Å²) in [7, 11) is 0. The first-order chi connectivity index (χ1) is 8.65. The van der Waals surface area contributed by atoms with Crippen LogP contribution in [-0.4, -0.2) is 26.2 Å². The van der Waals surface area contributed by atoms with Crippen LogP contribution in [0.4, 0.5) is 0 Å². The summed E-state index contributed by atoms with van der Waals surface area (Å²) in [6.45, 7) is 0. The molecule has 6 nitrogen and oxygen atoms in total. The maximum Gasteiger partial charge on any atom is 0.303 e.